The first-order valence-corrected chi connectivity index (χ1v) is 7.30. The molecule has 116 valence electrons. The first kappa shape index (κ1) is 16.9. The van der Waals surface area contributed by atoms with E-state index in [0.717, 1.165) is 25.7 Å². The third-order valence-electron chi connectivity index (χ3n) is 3.30. The first-order chi connectivity index (χ1) is 9.40. The molecule has 0 unspecified atom stereocenters. The number of alkyl halides is 3. The number of ether oxygens (including phenoxy) is 1. The highest BCUT2D eigenvalue weighted by molar-refractivity contribution is 5.23. The maximum Gasteiger partial charge on any atom is 0.418 e. The monoisotopic (exact) mass is 291 g/mol. The predicted molar refractivity (Wildman–Crippen MR) is 73.9 cm³/mol. The van der Waals surface area contributed by atoms with Gasteiger partial charge in [-0.05, 0) is 25.8 Å². The summed E-state index contributed by atoms with van der Waals surface area (Å²) in [7, 11) is 0. The zero-order chi connectivity index (χ0) is 15.2. The van der Waals surface area contributed by atoms with Crippen molar-refractivity contribution in [3.8, 4) is 0 Å². The van der Waals surface area contributed by atoms with Crippen LogP contribution in [0.2, 0.25) is 0 Å². The van der Waals surface area contributed by atoms with Gasteiger partial charge in [0.15, 0.2) is 0 Å². The zero-order valence-corrected chi connectivity index (χ0v) is 12.5. The maximum atomic E-state index is 13.1. The van der Waals surface area contributed by atoms with Crippen molar-refractivity contribution in [1.82, 2.24) is 4.90 Å². The van der Waals surface area contributed by atoms with E-state index in [-0.39, 0.29) is 12.3 Å². The van der Waals surface area contributed by atoms with Crippen LogP contribution in [0.15, 0.2) is 23.3 Å². The Labute approximate surface area is 119 Å². The molecular formula is C15H24F3NO. The number of unbranched alkanes of at least 4 members (excludes halogenated alkanes) is 2. The SMILES string of the molecule is CCCCN(CCCC)C1=C(C(F)(F)F)CC=C(C)O1. The van der Waals surface area contributed by atoms with Gasteiger partial charge in [-0.25, -0.2) is 0 Å². The molecule has 0 N–H and O–H groups in total. The highest BCUT2D eigenvalue weighted by atomic mass is 19.4. The van der Waals surface area contributed by atoms with Gasteiger partial charge in [0.25, 0.3) is 0 Å². The topological polar surface area (TPSA) is 12.5 Å². The molecule has 5 heteroatoms. The van der Waals surface area contributed by atoms with Crippen LogP contribution >= 0.6 is 0 Å². The van der Waals surface area contributed by atoms with Crippen LogP contribution in [-0.4, -0.2) is 24.2 Å². The fraction of sp³-hybridized carbons (Fsp3) is 0.733. The van der Waals surface area contributed by atoms with E-state index in [1.165, 1.54) is 6.08 Å². The highest BCUT2D eigenvalue weighted by Gasteiger charge is 2.39. The Morgan fingerprint density at radius 1 is 1.15 bits per heavy atom. The third kappa shape index (κ3) is 4.76. The van der Waals surface area contributed by atoms with E-state index in [4.69, 9.17) is 4.74 Å². The molecule has 0 atom stereocenters. The molecular weight excluding hydrogens is 267 g/mol. The van der Waals surface area contributed by atoms with Gasteiger partial charge in [-0.2, -0.15) is 13.2 Å². The molecule has 0 aromatic heterocycles. The van der Waals surface area contributed by atoms with Crippen molar-refractivity contribution in [2.24, 2.45) is 0 Å². The molecule has 0 aliphatic carbocycles. The molecule has 0 aromatic rings. The molecule has 1 aliphatic rings. The van der Waals surface area contributed by atoms with Crippen LogP contribution in [0, 0.1) is 0 Å². The lowest BCUT2D eigenvalue weighted by molar-refractivity contribution is -0.100. The van der Waals surface area contributed by atoms with E-state index in [2.05, 4.69) is 0 Å². The third-order valence-corrected chi connectivity index (χ3v) is 3.30. The molecule has 2 nitrogen and oxygen atoms in total. The van der Waals surface area contributed by atoms with Crippen molar-refractivity contribution in [3.63, 3.8) is 0 Å². The minimum Gasteiger partial charge on any atom is -0.446 e. The number of nitrogens with zero attached hydrogens (tertiary/aromatic N) is 1. The van der Waals surface area contributed by atoms with Crippen LogP contribution in [0.3, 0.4) is 0 Å². The summed E-state index contributed by atoms with van der Waals surface area (Å²) in [5.74, 6) is 0.561. The molecule has 0 spiro atoms. The maximum absolute atomic E-state index is 13.1. The first-order valence-electron chi connectivity index (χ1n) is 7.30. The molecule has 0 radical (unpaired) electrons. The van der Waals surface area contributed by atoms with Crippen molar-refractivity contribution in [2.45, 2.75) is 59.1 Å². The Hall–Kier alpha value is -1.13. The summed E-state index contributed by atoms with van der Waals surface area (Å²) < 4.78 is 44.8. The minimum absolute atomic E-state index is 0.0133. The van der Waals surface area contributed by atoms with Gasteiger partial charge >= 0.3 is 6.18 Å². The molecule has 1 aliphatic heterocycles. The second kappa shape index (κ2) is 7.60. The van der Waals surface area contributed by atoms with Crippen LogP contribution in [0.4, 0.5) is 13.2 Å². The summed E-state index contributed by atoms with van der Waals surface area (Å²) in [6.45, 7) is 6.98. The van der Waals surface area contributed by atoms with Gasteiger partial charge in [-0.3, -0.25) is 0 Å². The van der Waals surface area contributed by atoms with Crippen molar-refractivity contribution in [2.75, 3.05) is 13.1 Å². The van der Waals surface area contributed by atoms with E-state index >= 15 is 0 Å². The largest absolute Gasteiger partial charge is 0.446 e. The summed E-state index contributed by atoms with van der Waals surface area (Å²) >= 11 is 0. The number of hydrogen-bond acceptors (Lipinski definition) is 2. The number of halogens is 3. The average Bonchev–Trinajstić information content (AvgIpc) is 2.37. The lowest BCUT2D eigenvalue weighted by atomic mass is 10.1. The van der Waals surface area contributed by atoms with Gasteiger partial charge < -0.3 is 9.64 Å². The molecule has 0 fully saturated rings. The van der Waals surface area contributed by atoms with Crippen molar-refractivity contribution in [1.29, 1.82) is 0 Å². The Kier molecular flexibility index (Phi) is 6.43. The average molecular weight is 291 g/mol. The van der Waals surface area contributed by atoms with E-state index in [1.807, 2.05) is 13.8 Å². The van der Waals surface area contributed by atoms with Crippen LogP contribution in [0.1, 0.15) is 52.9 Å². The quantitative estimate of drug-likeness (QED) is 0.655. The predicted octanol–water partition coefficient (Wildman–Crippen LogP) is 4.99. The lowest BCUT2D eigenvalue weighted by Gasteiger charge is -2.32. The summed E-state index contributed by atoms with van der Waals surface area (Å²) in [4.78, 5) is 1.76. The van der Waals surface area contributed by atoms with E-state index in [9.17, 15) is 13.2 Å². The second-order valence-electron chi connectivity index (χ2n) is 5.10. The normalized spacial score (nSPS) is 16.0. The molecule has 1 rings (SSSR count). The molecule has 1 heterocycles. The van der Waals surface area contributed by atoms with E-state index in [1.54, 1.807) is 11.8 Å². The van der Waals surface area contributed by atoms with Crippen LogP contribution in [0.25, 0.3) is 0 Å². The Morgan fingerprint density at radius 3 is 2.15 bits per heavy atom. The fourth-order valence-electron chi connectivity index (χ4n) is 2.09. The van der Waals surface area contributed by atoms with E-state index in [0.29, 0.717) is 18.8 Å². The van der Waals surface area contributed by atoms with Crippen LogP contribution in [0.5, 0.6) is 0 Å². The Morgan fingerprint density at radius 2 is 1.70 bits per heavy atom. The summed E-state index contributed by atoms with van der Waals surface area (Å²) in [6.07, 6.45) is 0.694. The zero-order valence-electron chi connectivity index (χ0n) is 12.5. The van der Waals surface area contributed by atoms with E-state index < -0.39 is 11.7 Å². The minimum atomic E-state index is -4.33. The molecule has 0 aromatic carbocycles. The smallest absolute Gasteiger partial charge is 0.418 e. The molecule has 0 amide bonds. The standard InChI is InChI=1S/C15H24F3NO/c1-4-6-10-19(11-7-5-2)14-13(15(16,17)18)9-8-12(3)20-14/h8H,4-7,9-11H2,1-3H3. The number of allylic oxidation sites excluding steroid dienone is 3. The molecule has 0 bridgehead atoms. The lowest BCUT2D eigenvalue weighted by Crippen LogP contribution is -2.32. The van der Waals surface area contributed by atoms with Crippen LogP contribution in [-0.2, 0) is 4.74 Å². The van der Waals surface area contributed by atoms with Crippen molar-refractivity contribution < 1.29 is 17.9 Å². The second-order valence-corrected chi connectivity index (χ2v) is 5.10. The number of hydrogen-bond donors (Lipinski definition) is 0. The van der Waals surface area contributed by atoms with Crippen LogP contribution < -0.4 is 0 Å². The summed E-state index contributed by atoms with van der Waals surface area (Å²) in [6, 6.07) is 0. The van der Waals surface area contributed by atoms with Gasteiger partial charge in [-0.15, -0.1) is 0 Å². The van der Waals surface area contributed by atoms with Gasteiger partial charge in [0.05, 0.1) is 11.3 Å². The summed E-state index contributed by atoms with van der Waals surface area (Å²) in [5, 5.41) is 0. The van der Waals surface area contributed by atoms with Crippen molar-refractivity contribution >= 4 is 0 Å². The number of rotatable bonds is 7. The fourth-order valence-corrected chi connectivity index (χ4v) is 2.09. The Bertz CT molecular complexity index is 364. The Balaban J connectivity index is 2.99. The molecule has 0 saturated carbocycles. The van der Waals surface area contributed by atoms with Gasteiger partial charge in [0, 0.05) is 19.5 Å². The van der Waals surface area contributed by atoms with Gasteiger partial charge in [0.2, 0.25) is 5.88 Å². The summed E-state index contributed by atoms with van der Waals surface area (Å²) in [5.41, 5.74) is -0.560. The highest BCUT2D eigenvalue weighted by Crippen LogP contribution is 2.36. The molecule has 20 heavy (non-hydrogen) atoms. The van der Waals surface area contributed by atoms with Gasteiger partial charge in [-0.1, -0.05) is 26.7 Å². The van der Waals surface area contributed by atoms with Crippen molar-refractivity contribution in [3.05, 3.63) is 23.3 Å². The molecule has 0 saturated heterocycles. The van der Waals surface area contributed by atoms with Gasteiger partial charge in [0.1, 0.15) is 0 Å².